The second-order valence-electron chi connectivity index (χ2n) is 4.58. The lowest BCUT2D eigenvalue weighted by Gasteiger charge is -2.07. The van der Waals surface area contributed by atoms with E-state index >= 15 is 0 Å². The quantitative estimate of drug-likeness (QED) is 0.874. The first kappa shape index (κ1) is 12.6. The third-order valence-corrected chi connectivity index (χ3v) is 3.54. The average molecular weight is 247 g/mol. The van der Waals surface area contributed by atoms with Crippen LogP contribution in [-0.2, 0) is 6.54 Å². The monoisotopic (exact) mass is 247 g/mol. The van der Waals surface area contributed by atoms with E-state index in [0.717, 1.165) is 27.7 Å². The molecule has 0 spiro atoms. The van der Waals surface area contributed by atoms with Crippen LogP contribution >= 0.6 is 0 Å². The largest absolute Gasteiger partial charge is 0.478 e. The van der Waals surface area contributed by atoms with Crippen LogP contribution in [0.25, 0.3) is 10.9 Å². The number of benzene rings is 1. The Morgan fingerprint density at radius 2 is 1.94 bits per heavy atom. The predicted molar refractivity (Wildman–Crippen MR) is 70.2 cm³/mol. The molecule has 1 aromatic heterocycles. The van der Waals surface area contributed by atoms with Crippen molar-refractivity contribution in [3.05, 3.63) is 34.5 Å². The van der Waals surface area contributed by atoms with Gasteiger partial charge in [0.2, 0.25) is 0 Å². The van der Waals surface area contributed by atoms with E-state index in [1.54, 1.807) is 13.0 Å². The zero-order valence-corrected chi connectivity index (χ0v) is 10.8. The van der Waals surface area contributed by atoms with Crippen LogP contribution in [0.2, 0.25) is 0 Å². The van der Waals surface area contributed by atoms with Gasteiger partial charge >= 0.3 is 5.97 Å². The van der Waals surface area contributed by atoms with Gasteiger partial charge in [-0.1, -0.05) is 0 Å². The number of aliphatic hydroxyl groups is 1. The molecule has 0 aliphatic carbocycles. The van der Waals surface area contributed by atoms with Crippen molar-refractivity contribution in [3.63, 3.8) is 0 Å². The molecule has 1 aromatic carbocycles. The number of rotatable bonds is 3. The molecule has 0 bridgehead atoms. The number of hydrogen-bond donors (Lipinski definition) is 2. The summed E-state index contributed by atoms with van der Waals surface area (Å²) >= 11 is 0. The summed E-state index contributed by atoms with van der Waals surface area (Å²) < 4.78 is 1.97. The number of carboxylic acid groups (broad SMARTS) is 1. The Balaban J connectivity index is 2.81. The highest BCUT2D eigenvalue weighted by atomic mass is 16.4. The Bertz CT molecular complexity index is 626. The average Bonchev–Trinajstić information content (AvgIpc) is 2.54. The van der Waals surface area contributed by atoms with E-state index in [9.17, 15) is 4.79 Å². The fourth-order valence-electron chi connectivity index (χ4n) is 2.42. The molecule has 18 heavy (non-hydrogen) atoms. The molecule has 0 aliphatic heterocycles. The minimum Gasteiger partial charge on any atom is -0.478 e. The third-order valence-electron chi connectivity index (χ3n) is 3.54. The summed E-state index contributed by atoms with van der Waals surface area (Å²) in [5.41, 5.74) is 4.17. The summed E-state index contributed by atoms with van der Waals surface area (Å²) in [6.45, 7) is 6.34. The predicted octanol–water partition coefficient (Wildman–Crippen LogP) is 2.26. The van der Waals surface area contributed by atoms with Crippen LogP contribution in [0.3, 0.4) is 0 Å². The van der Waals surface area contributed by atoms with Crippen LogP contribution in [-0.4, -0.2) is 27.4 Å². The lowest BCUT2D eigenvalue weighted by molar-refractivity contribution is 0.0696. The number of carboxylic acids is 1. The molecule has 0 amide bonds. The maximum Gasteiger partial charge on any atom is 0.336 e. The number of aryl methyl sites for hydroxylation is 2. The molecular weight excluding hydrogens is 230 g/mol. The van der Waals surface area contributed by atoms with Crippen molar-refractivity contribution in [2.24, 2.45) is 0 Å². The van der Waals surface area contributed by atoms with Crippen molar-refractivity contribution in [3.8, 4) is 0 Å². The van der Waals surface area contributed by atoms with E-state index in [1.165, 1.54) is 0 Å². The number of fused-ring (bicyclic) bond motifs is 1. The summed E-state index contributed by atoms with van der Waals surface area (Å²) in [7, 11) is 0. The topological polar surface area (TPSA) is 62.5 Å². The van der Waals surface area contributed by atoms with Gasteiger partial charge in [-0.3, -0.25) is 0 Å². The molecule has 0 saturated carbocycles. The lowest BCUT2D eigenvalue weighted by atomic mass is 10.0. The molecule has 0 saturated heterocycles. The second-order valence-corrected chi connectivity index (χ2v) is 4.58. The van der Waals surface area contributed by atoms with E-state index in [2.05, 4.69) is 0 Å². The van der Waals surface area contributed by atoms with Crippen LogP contribution in [0, 0.1) is 20.8 Å². The Morgan fingerprint density at radius 1 is 1.28 bits per heavy atom. The molecule has 96 valence electrons. The highest BCUT2D eigenvalue weighted by Crippen LogP contribution is 2.28. The Kier molecular flexibility index (Phi) is 3.13. The minimum atomic E-state index is -0.915. The van der Waals surface area contributed by atoms with Crippen LogP contribution in [0.5, 0.6) is 0 Å². The molecular formula is C14H17NO3. The molecule has 4 heteroatoms. The van der Waals surface area contributed by atoms with E-state index in [0.29, 0.717) is 12.1 Å². The van der Waals surface area contributed by atoms with Gasteiger partial charge in [0.15, 0.2) is 0 Å². The molecule has 0 atom stereocenters. The highest BCUT2D eigenvalue weighted by Gasteiger charge is 2.15. The molecule has 1 heterocycles. The van der Waals surface area contributed by atoms with Crippen molar-refractivity contribution >= 4 is 16.9 Å². The molecule has 0 aliphatic rings. The van der Waals surface area contributed by atoms with Crippen molar-refractivity contribution in [1.82, 2.24) is 4.57 Å². The number of aromatic nitrogens is 1. The lowest BCUT2D eigenvalue weighted by Crippen LogP contribution is -2.05. The summed E-state index contributed by atoms with van der Waals surface area (Å²) in [5, 5.41) is 19.3. The first-order valence-electron chi connectivity index (χ1n) is 5.91. The van der Waals surface area contributed by atoms with Gasteiger partial charge in [-0.05, 0) is 44.0 Å². The van der Waals surface area contributed by atoms with E-state index in [-0.39, 0.29) is 6.61 Å². The van der Waals surface area contributed by atoms with Crippen LogP contribution < -0.4 is 0 Å². The van der Waals surface area contributed by atoms with Gasteiger partial charge in [-0.15, -0.1) is 0 Å². The molecule has 0 unspecified atom stereocenters. The highest BCUT2D eigenvalue weighted by molar-refractivity contribution is 5.96. The number of hydrogen-bond acceptors (Lipinski definition) is 2. The second kappa shape index (κ2) is 4.46. The standard InChI is InChI=1S/C14H17NO3/c1-8-6-12-9(2)10(3)15(4-5-16)13(12)7-11(8)14(17)18/h6-7,16H,4-5H2,1-3H3,(H,17,18). The van der Waals surface area contributed by atoms with E-state index < -0.39 is 5.97 Å². The minimum absolute atomic E-state index is 0.0420. The first-order chi connectivity index (χ1) is 8.47. The molecule has 2 N–H and O–H groups in total. The van der Waals surface area contributed by atoms with Crippen molar-refractivity contribution < 1.29 is 15.0 Å². The van der Waals surface area contributed by atoms with Gasteiger partial charge in [0.05, 0.1) is 12.2 Å². The normalized spacial score (nSPS) is 11.1. The summed E-state index contributed by atoms with van der Waals surface area (Å²) in [6.07, 6.45) is 0. The van der Waals surface area contributed by atoms with E-state index in [4.69, 9.17) is 10.2 Å². The molecule has 0 fully saturated rings. The van der Waals surface area contributed by atoms with Crippen molar-refractivity contribution in [1.29, 1.82) is 0 Å². The maximum absolute atomic E-state index is 11.2. The van der Waals surface area contributed by atoms with Gasteiger partial charge in [0.25, 0.3) is 0 Å². The zero-order valence-electron chi connectivity index (χ0n) is 10.8. The van der Waals surface area contributed by atoms with Gasteiger partial charge in [-0.25, -0.2) is 4.79 Å². The zero-order chi connectivity index (χ0) is 13.4. The molecule has 0 radical (unpaired) electrons. The number of aromatic carboxylic acids is 1. The maximum atomic E-state index is 11.2. The fraction of sp³-hybridized carbons (Fsp3) is 0.357. The van der Waals surface area contributed by atoms with E-state index in [1.807, 2.05) is 24.5 Å². The number of aliphatic hydroxyl groups excluding tert-OH is 1. The SMILES string of the molecule is Cc1cc2c(C)c(C)n(CCO)c2cc1C(=O)O. The summed E-state index contributed by atoms with van der Waals surface area (Å²) in [4.78, 5) is 11.2. The molecule has 2 rings (SSSR count). The van der Waals surface area contributed by atoms with Gasteiger partial charge in [-0.2, -0.15) is 0 Å². The number of nitrogens with zero attached hydrogens (tertiary/aromatic N) is 1. The van der Waals surface area contributed by atoms with Crippen molar-refractivity contribution in [2.45, 2.75) is 27.3 Å². The number of carbonyl (C=O) groups is 1. The van der Waals surface area contributed by atoms with Crippen LogP contribution in [0.4, 0.5) is 0 Å². The smallest absolute Gasteiger partial charge is 0.336 e. The van der Waals surface area contributed by atoms with Gasteiger partial charge in [0, 0.05) is 23.1 Å². The summed E-state index contributed by atoms with van der Waals surface area (Å²) in [5.74, 6) is -0.915. The Hall–Kier alpha value is -1.81. The van der Waals surface area contributed by atoms with Crippen LogP contribution in [0.15, 0.2) is 12.1 Å². The molecule has 2 aromatic rings. The van der Waals surface area contributed by atoms with Gasteiger partial charge in [0.1, 0.15) is 0 Å². The van der Waals surface area contributed by atoms with Crippen LogP contribution in [0.1, 0.15) is 27.2 Å². The Labute approximate surface area is 105 Å². The first-order valence-corrected chi connectivity index (χ1v) is 5.91. The van der Waals surface area contributed by atoms with Crippen molar-refractivity contribution in [2.75, 3.05) is 6.61 Å². The fourth-order valence-corrected chi connectivity index (χ4v) is 2.42. The Morgan fingerprint density at radius 3 is 2.50 bits per heavy atom. The van der Waals surface area contributed by atoms with Gasteiger partial charge < -0.3 is 14.8 Å². The summed E-state index contributed by atoms with van der Waals surface area (Å²) in [6, 6.07) is 3.61. The third kappa shape index (κ3) is 1.78. The molecule has 4 nitrogen and oxygen atoms in total.